The number of carbonyl (C=O) groups is 1. The van der Waals surface area contributed by atoms with Crippen LogP contribution in [0.5, 0.6) is 0 Å². The fourth-order valence-electron chi connectivity index (χ4n) is 3.50. The number of aromatic nitrogens is 4. The van der Waals surface area contributed by atoms with Crippen molar-refractivity contribution in [2.45, 2.75) is 46.3 Å². The Hall–Kier alpha value is -2.80. The van der Waals surface area contributed by atoms with E-state index in [1.165, 1.54) is 17.5 Å². The zero-order chi connectivity index (χ0) is 18.1. The highest BCUT2D eigenvalue weighted by Gasteiger charge is 2.13. The first-order chi connectivity index (χ1) is 12.6. The molecule has 0 unspecified atom stereocenters. The topological polar surface area (TPSA) is 84.2 Å². The summed E-state index contributed by atoms with van der Waals surface area (Å²) in [5.74, 6) is 0.639. The summed E-state index contributed by atoms with van der Waals surface area (Å²) in [6.07, 6.45) is 2.56. The highest BCUT2D eigenvalue weighted by Crippen LogP contribution is 2.17. The molecule has 7 heteroatoms. The second-order valence-corrected chi connectivity index (χ2v) is 6.72. The average Bonchev–Trinajstić information content (AvgIpc) is 3.28. The van der Waals surface area contributed by atoms with Crippen molar-refractivity contribution in [3.8, 4) is 0 Å². The second-order valence-electron chi connectivity index (χ2n) is 6.72. The van der Waals surface area contributed by atoms with Gasteiger partial charge in [-0.2, -0.15) is 10.1 Å². The zero-order valence-electron chi connectivity index (χ0n) is 15.0. The van der Waals surface area contributed by atoms with Gasteiger partial charge in [0.05, 0.1) is 0 Å². The van der Waals surface area contributed by atoms with E-state index in [0.29, 0.717) is 25.2 Å². The molecule has 0 saturated heterocycles. The van der Waals surface area contributed by atoms with Crippen LogP contribution in [-0.2, 0) is 30.8 Å². The number of carbonyl (C=O) groups excluding carboxylic acids is 1. The Morgan fingerprint density at radius 1 is 1.27 bits per heavy atom. The number of hydrogen-bond donors (Lipinski definition) is 2. The lowest BCUT2D eigenvalue weighted by atomic mass is 10.1. The molecular formula is C19H22N6O. The highest BCUT2D eigenvalue weighted by molar-refractivity contribution is 5.76. The minimum Gasteiger partial charge on any atom is -0.352 e. The molecular weight excluding hydrogens is 328 g/mol. The highest BCUT2D eigenvalue weighted by atomic mass is 16.1. The SMILES string of the molecule is Cc1nc2ncnn2c(C)c1CCC(=O)NCc1ccc2c(c1)CNC2. The number of hydrogen-bond acceptors (Lipinski definition) is 5. The van der Waals surface area contributed by atoms with Gasteiger partial charge in [0.25, 0.3) is 5.78 Å². The molecule has 7 nitrogen and oxygen atoms in total. The molecule has 26 heavy (non-hydrogen) atoms. The van der Waals surface area contributed by atoms with Crippen LogP contribution in [0.15, 0.2) is 24.5 Å². The zero-order valence-corrected chi connectivity index (χ0v) is 15.0. The van der Waals surface area contributed by atoms with Crippen molar-refractivity contribution in [3.05, 3.63) is 58.2 Å². The maximum Gasteiger partial charge on any atom is 0.252 e. The minimum atomic E-state index is 0.0427. The number of aryl methyl sites for hydroxylation is 2. The Kier molecular flexibility index (Phi) is 4.38. The number of fused-ring (bicyclic) bond motifs is 2. The molecule has 0 radical (unpaired) electrons. The quantitative estimate of drug-likeness (QED) is 0.730. The van der Waals surface area contributed by atoms with Crippen molar-refractivity contribution in [3.63, 3.8) is 0 Å². The lowest BCUT2D eigenvalue weighted by molar-refractivity contribution is -0.121. The maximum absolute atomic E-state index is 12.3. The molecule has 0 spiro atoms. The molecule has 1 amide bonds. The van der Waals surface area contributed by atoms with E-state index in [4.69, 9.17) is 0 Å². The summed E-state index contributed by atoms with van der Waals surface area (Å²) in [6, 6.07) is 6.40. The lowest BCUT2D eigenvalue weighted by Crippen LogP contribution is -2.23. The molecule has 0 saturated carbocycles. The molecule has 1 aliphatic rings. The number of nitrogens with zero attached hydrogens (tertiary/aromatic N) is 4. The Morgan fingerprint density at radius 3 is 3.00 bits per heavy atom. The normalized spacial score (nSPS) is 13.2. The van der Waals surface area contributed by atoms with Crippen LogP contribution >= 0.6 is 0 Å². The van der Waals surface area contributed by atoms with Crippen LogP contribution in [0.3, 0.4) is 0 Å². The predicted molar refractivity (Wildman–Crippen MR) is 97.4 cm³/mol. The van der Waals surface area contributed by atoms with E-state index in [9.17, 15) is 4.79 Å². The van der Waals surface area contributed by atoms with Gasteiger partial charge in [0.2, 0.25) is 5.91 Å². The third-order valence-corrected chi connectivity index (χ3v) is 4.98. The van der Waals surface area contributed by atoms with Crippen molar-refractivity contribution >= 4 is 11.7 Å². The molecule has 2 aromatic heterocycles. The summed E-state index contributed by atoms with van der Waals surface area (Å²) < 4.78 is 1.72. The van der Waals surface area contributed by atoms with E-state index >= 15 is 0 Å². The van der Waals surface area contributed by atoms with Gasteiger partial charge in [-0.1, -0.05) is 18.2 Å². The van der Waals surface area contributed by atoms with E-state index in [1.807, 2.05) is 13.8 Å². The largest absolute Gasteiger partial charge is 0.352 e. The third-order valence-electron chi connectivity index (χ3n) is 4.98. The van der Waals surface area contributed by atoms with Gasteiger partial charge >= 0.3 is 0 Å². The Balaban J connectivity index is 1.37. The molecule has 1 aliphatic heterocycles. The van der Waals surface area contributed by atoms with Gasteiger partial charge < -0.3 is 10.6 Å². The fraction of sp³-hybridized carbons (Fsp3) is 0.368. The minimum absolute atomic E-state index is 0.0427. The van der Waals surface area contributed by atoms with Crippen molar-refractivity contribution in [1.82, 2.24) is 30.2 Å². The van der Waals surface area contributed by atoms with Crippen molar-refractivity contribution < 1.29 is 4.79 Å². The molecule has 134 valence electrons. The van der Waals surface area contributed by atoms with Gasteiger partial charge in [0, 0.05) is 37.4 Å². The first-order valence-corrected chi connectivity index (χ1v) is 8.86. The molecule has 0 fully saturated rings. The van der Waals surface area contributed by atoms with E-state index in [2.05, 4.69) is 43.9 Å². The molecule has 0 bridgehead atoms. The molecule has 0 aliphatic carbocycles. The van der Waals surface area contributed by atoms with Gasteiger partial charge in [-0.25, -0.2) is 9.50 Å². The number of benzene rings is 1. The smallest absolute Gasteiger partial charge is 0.252 e. The number of nitrogens with one attached hydrogen (secondary N) is 2. The predicted octanol–water partition coefficient (Wildman–Crippen LogP) is 1.59. The summed E-state index contributed by atoms with van der Waals surface area (Å²) >= 11 is 0. The summed E-state index contributed by atoms with van der Waals surface area (Å²) in [4.78, 5) is 20.9. The second kappa shape index (κ2) is 6.84. The molecule has 2 N–H and O–H groups in total. The van der Waals surface area contributed by atoms with Crippen LogP contribution < -0.4 is 10.6 Å². The lowest BCUT2D eigenvalue weighted by Gasteiger charge is -2.11. The van der Waals surface area contributed by atoms with Gasteiger partial charge in [0.15, 0.2) is 0 Å². The Bertz CT molecular complexity index is 978. The standard InChI is InChI=1S/C19H22N6O/c1-12-17(13(2)25-19(24-12)22-11-23-25)5-6-18(26)21-8-14-3-4-15-9-20-10-16(15)7-14/h3-4,7,11,20H,5-6,8-10H2,1-2H3,(H,21,26). The molecule has 4 rings (SSSR count). The van der Waals surface area contributed by atoms with E-state index < -0.39 is 0 Å². The Labute approximate surface area is 151 Å². The first-order valence-electron chi connectivity index (χ1n) is 8.86. The summed E-state index contributed by atoms with van der Waals surface area (Å²) in [5, 5.41) is 10.5. The van der Waals surface area contributed by atoms with Gasteiger partial charge in [-0.15, -0.1) is 0 Å². The summed E-state index contributed by atoms with van der Waals surface area (Å²) in [5.41, 5.74) is 6.77. The maximum atomic E-state index is 12.3. The number of amides is 1. The molecule has 1 aromatic carbocycles. The number of rotatable bonds is 5. The Morgan fingerprint density at radius 2 is 2.12 bits per heavy atom. The molecule has 3 heterocycles. The van der Waals surface area contributed by atoms with Crippen LogP contribution in [0.2, 0.25) is 0 Å². The first kappa shape index (κ1) is 16.7. The van der Waals surface area contributed by atoms with Gasteiger partial charge in [-0.05, 0) is 42.5 Å². The van der Waals surface area contributed by atoms with E-state index in [1.54, 1.807) is 4.52 Å². The van der Waals surface area contributed by atoms with E-state index in [0.717, 1.165) is 35.6 Å². The van der Waals surface area contributed by atoms with Crippen LogP contribution in [0.4, 0.5) is 0 Å². The van der Waals surface area contributed by atoms with Crippen LogP contribution in [-0.4, -0.2) is 25.5 Å². The van der Waals surface area contributed by atoms with Crippen LogP contribution in [0, 0.1) is 13.8 Å². The summed E-state index contributed by atoms with van der Waals surface area (Å²) in [6.45, 7) is 6.35. The third kappa shape index (κ3) is 3.17. The molecule has 0 atom stereocenters. The van der Waals surface area contributed by atoms with Crippen molar-refractivity contribution in [2.75, 3.05) is 0 Å². The van der Waals surface area contributed by atoms with Gasteiger partial charge in [-0.3, -0.25) is 4.79 Å². The van der Waals surface area contributed by atoms with Crippen LogP contribution in [0.1, 0.15) is 40.1 Å². The summed E-state index contributed by atoms with van der Waals surface area (Å²) in [7, 11) is 0. The average molecular weight is 350 g/mol. The van der Waals surface area contributed by atoms with Crippen molar-refractivity contribution in [1.29, 1.82) is 0 Å². The van der Waals surface area contributed by atoms with E-state index in [-0.39, 0.29) is 5.91 Å². The molecule has 3 aromatic rings. The van der Waals surface area contributed by atoms with Crippen molar-refractivity contribution in [2.24, 2.45) is 0 Å². The fourth-order valence-corrected chi connectivity index (χ4v) is 3.50. The van der Waals surface area contributed by atoms with Crippen LogP contribution in [0.25, 0.3) is 5.78 Å². The van der Waals surface area contributed by atoms with Gasteiger partial charge in [0.1, 0.15) is 6.33 Å². The monoisotopic (exact) mass is 350 g/mol.